The second-order valence-corrected chi connectivity index (χ2v) is 3.42. The smallest absolute Gasteiger partial charge is 0.325 e. The molecule has 0 bridgehead atoms. The minimum Gasteiger partial charge on any atom is -0.468 e. The fourth-order valence-corrected chi connectivity index (χ4v) is 1.62. The van der Waals surface area contributed by atoms with Crippen molar-refractivity contribution in [3.63, 3.8) is 0 Å². The van der Waals surface area contributed by atoms with Gasteiger partial charge in [-0.2, -0.15) is 4.98 Å². The minimum absolute atomic E-state index is 0.306. The van der Waals surface area contributed by atoms with Crippen LogP contribution in [0.2, 0.25) is 0 Å². The van der Waals surface area contributed by atoms with E-state index in [9.17, 15) is 4.79 Å². The van der Waals surface area contributed by atoms with E-state index in [1.54, 1.807) is 0 Å². The lowest BCUT2D eigenvalue weighted by Crippen LogP contribution is -2.49. The maximum Gasteiger partial charge on any atom is 0.325 e. The van der Waals surface area contributed by atoms with E-state index in [0.717, 1.165) is 0 Å². The van der Waals surface area contributed by atoms with Crippen molar-refractivity contribution in [1.82, 2.24) is 15.0 Å². The molecule has 0 saturated carbocycles. The molecule has 1 unspecified atom stereocenters. The van der Waals surface area contributed by atoms with Gasteiger partial charge in [0.05, 0.1) is 26.9 Å². The number of carbonyl (C=O) groups is 1. The van der Waals surface area contributed by atoms with E-state index >= 15 is 0 Å². The van der Waals surface area contributed by atoms with Crippen molar-refractivity contribution in [2.45, 2.75) is 12.6 Å². The van der Waals surface area contributed by atoms with Crippen LogP contribution in [0.3, 0.4) is 0 Å². The molecule has 1 aromatic rings. The number of morpholine rings is 1. The Labute approximate surface area is 92.3 Å². The zero-order valence-electron chi connectivity index (χ0n) is 8.96. The topological polar surface area (TPSA) is 77.7 Å². The average molecular weight is 227 g/mol. The van der Waals surface area contributed by atoms with Crippen LogP contribution >= 0.6 is 0 Å². The maximum absolute atomic E-state index is 11.5. The van der Waals surface area contributed by atoms with E-state index < -0.39 is 6.04 Å². The van der Waals surface area contributed by atoms with Crippen molar-refractivity contribution in [2.75, 3.05) is 26.9 Å². The van der Waals surface area contributed by atoms with Gasteiger partial charge in [-0.25, -0.2) is 0 Å². The van der Waals surface area contributed by atoms with Gasteiger partial charge in [0, 0.05) is 6.54 Å². The number of esters is 1. The van der Waals surface area contributed by atoms with Gasteiger partial charge in [-0.05, 0) is 0 Å². The Balaban J connectivity index is 2.02. The number of methoxy groups -OCH3 is 1. The minimum atomic E-state index is -0.398. The number of hydrogen-bond acceptors (Lipinski definition) is 7. The lowest BCUT2D eigenvalue weighted by atomic mass is 10.2. The van der Waals surface area contributed by atoms with E-state index in [4.69, 9.17) is 14.0 Å². The molecule has 7 nitrogen and oxygen atoms in total. The predicted octanol–water partition coefficient (Wildman–Crippen LogP) is -0.557. The van der Waals surface area contributed by atoms with Crippen molar-refractivity contribution in [3.8, 4) is 0 Å². The molecule has 0 amide bonds. The molecule has 1 aliphatic rings. The summed E-state index contributed by atoms with van der Waals surface area (Å²) in [5, 5.41) is 3.52. The van der Waals surface area contributed by atoms with Crippen molar-refractivity contribution in [1.29, 1.82) is 0 Å². The van der Waals surface area contributed by atoms with E-state index in [1.807, 2.05) is 4.90 Å². The Kier molecular flexibility index (Phi) is 3.47. The molecule has 2 heterocycles. The second-order valence-electron chi connectivity index (χ2n) is 3.42. The van der Waals surface area contributed by atoms with Crippen LogP contribution in [-0.2, 0) is 20.8 Å². The zero-order valence-corrected chi connectivity index (χ0v) is 8.96. The third-order valence-corrected chi connectivity index (χ3v) is 2.46. The van der Waals surface area contributed by atoms with Crippen molar-refractivity contribution in [3.05, 3.63) is 12.2 Å². The Morgan fingerprint density at radius 3 is 3.31 bits per heavy atom. The van der Waals surface area contributed by atoms with Crippen LogP contribution in [0, 0.1) is 0 Å². The first-order valence-corrected chi connectivity index (χ1v) is 4.96. The lowest BCUT2D eigenvalue weighted by Gasteiger charge is -2.32. The van der Waals surface area contributed by atoms with Crippen LogP contribution < -0.4 is 0 Å². The molecule has 88 valence electrons. The molecule has 1 aromatic heterocycles. The summed E-state index contributed by atoms with van der Waals surface area (Å²) in [4.78, 5) is 17.3. The van der Waals surface area contributed by atoms with E-state index in [-0.39, 0.29) is 5.97 Å². The third kappa shape index (κ3) is 2.37. The molecule has 0 aliphatic carbocycles. The first-order chi connectivity index (χ1) is 7.81. The van der Waals surface area contributed by atoms with Gasteiger partial charge < -0.3 is 14.0 Å². The van der Waals surface area contributed by atoms with Crippen LogP contribution in [-0.4, -0.2) is 53.9 Å². The number of carbonyl (C=O) groups excluding carboxylic acids is 1. The molecule has 2 rings (SSSR count). The molecule has 1 saturated heterocycles. The molecule has 1 fully saturated rings. The average Bonchev–Trinajstić information content (AvgIpc) is 2.82. The lowest BCUT2D eigenvalue weighted by molar-refractivity contribution is -0.153. The summed E-state index contributed by atoms with van der Waals surface area (Å²) in [5.74, 6) is 0.176. The molecule has 16 heavy (non-hydrogen) atoms. The fourth-order valence-electron chi connectivity index (χ4n) is 1.62. The van der Waals surface area contributed by atoms with Gasteiger partial charge in [-0.3, -0.25) is 9.69 Å². The second kappa shape index (κ2) is 5.04. The Morgan fingerprint density at radius 2 is 2.62 bits per heavy atom. The van der Waals surface area contributed by atoms with Gasteiger partial charge in [0.25, 0.3) is 0 Å². The summed E-state index contributed by atoms with van der Waals surface area (Å²) in [6.45, 7) is 1.99. The first kappa shape index (κ1) is 11.0. The highest BCUT2D eigenvalue weighted by molar-refractivity contribution is 5.75. The summed E-state index contributed by atoms with van der Waals surface area (Å²) in [7, 11) is 1.36. The highest BCUT2D eigenvalue weighted by Crippen LogP contribution is 2.11. The van der Waals surface area contributed by atoms with Crippen LogP contribution in [0.1, 0.15) is 5.89 Å². The molecule has 0 aromatic carbocycles. The highest BCUT2D eigenvalue weighted by Gasteiger charge is 2.31. The maximum atomic E-state index is 11.5. The number of nitrogens with zero attached hydrogens (tertiary/aromatic N) is 3. The van der Waals surface area contributed by atoms with Gasteiger partial charge in [0.1, 0.15) is 6.04 Å². The van der Waals surface area contributed by atoms with Gasteiger partial charge >= 0.3 is 5.97 Å². The molecule has 7 heteroatoms. The quantitative estimate of drug-likeness (QED) is 0.640. The Bertz CT molecular complexity index is 341. The summed E-state index contributed by atoms with van der Waals surface area (Å²) < 4.78 is 14.9. The van der Waals surface area contributed by atoms with Gasteiger partial charge in [-0.1, -0.05) is 5.16 Å². The highest BCUT2D eigenvalue weighted by atomic mass is 16.5. The molecule has 0 N–H and O–H groups in total. The molecule has 0 radical (unpaired) electrons. The van der Waals surface area contributed by atoms with Gasteiger partial charge in [0.15, 0.2) is 6.33 Å². The van der Waals surface area contributed by atoms with Crippen molar-refractivity contribution in [2.24, 2.45) is 0 Å². The Hall–Kier alpha value is -1.47. The van der Waals surface area contributed by atoms with Crippen molar-refractivity contribution < 1.29 is 18.8 Å². The van der Waals surface area contributed by atoms with Crippen molar-refractivity contribution >= 4 is 5.97 Å². The molecule has 1 atom stereocenters. The zero-order chi connectivity index (χ0) is 11.4. The van der Waals surface area contributed by atoms with E-state index in [2.05, 4.69) is 10.1 Å². The number of hydrogen-bond donors (Lipinski definition) is 0. The standard InChI is InChI=1S/C9H13N3O4/c1-14-9(13)7-5-15-3-2-12(7)4-8-10-6-11-16-8/h6-7H,2-5H2,1H3. The third-order valence-electron chi connectivity index (χ3n) is 2.46. The molecular weight excluding hydrogens is 214 g/mol. The van der Waals surface area contributed by atoms with Crippen LogP contribution in [0.15, 0.2) is 10.9 Å². The summed E-state index contributed by atoms with van der Waals surface area (Å²) in [6, 6.07) is -0.398. The number of ether oxygens (including phenoxy) is 2. The SMILES string of the molecule is COC(=O)C1COCCN1Cc1ncno1. The van der Waals surface area contributed by atoms with E-state index in [1.165, 1.54) is 13.4 Å². The molecular formula is C9H13N3O4. The number of aromatic nitrogens is 2. The first-order valence-electron chi connectivity index (χ1n) is 4.96. The summed E-state index contributed by atoms with van der Waals surface area (Å²) >= 11 is 0. The summed E-state index contributed by atoms with van der Waals surface area (Å²) in [6.07, 6.45) is 1.34. The molecule has 0 spiro atoms. The Morgan fingerprint density at radius 1 is 1.75 bits per heavy atom. The molecule has 1 aliphatic heterocycles. The fraction of sp³-hybridized carbons (Fsp3) is 0.667. The van der Waals surface area contributed by atoms with Crippen LogP contribution in [0.5, 0.6) is 0 Å². The summed E-state index contributed by atoms with van der Waals surface area (Å²) in [5.41, 5.74) is 0. The monoisotopic (exact) mass is 227 g/mol. The number of rotatable bonds is 3. The van der Waals surface area contributed by atoms with E-state index in [0.29, 0.717) is 32.2 Å². The van der Waals surface area contributed by atoms with Gasteiger partial charge in [-0.15, -0.1) is 0 Å². The van der Waals surface area contributed by atoms with Gasteiger partial charge in [0.2, 0.25) is 5.89 Å². The normalized spacial score (nSPS) is 21.9. The largest absolute Gasteiger partial charge is 0.468 e. The predicted molar refractivity (Wildman–Crippen MR) is 51.3 cm³/mol. The van der Waals surface area contributed by atoms with Crippen LogP contribution in [0.4, 0.5) is 0 Å². The van der Waals surface area contributed by atoms with Crippen LogP contribution in [0.25, 0.3) is 0 Å².